The zero-order valence-corrected chi connectivity index (χ0v) is 28.2. The lowest BCUT2D eigenvalue weighted by atomic mass is 9.92. The van der Waals surface area contributed by atoms with Crippen molar-refractivity contribution in [3.8, 4) is 11.5 Å². The molecule has 0 bridgehead atoms. The number of rotatable bonds is 9. The second kappa shape index (κ2) is 14.5. The number of halogens is 1. The maximum atomic E-state index is 14.2. The fourth-order valence-electron chi connectivity index (χ4n) is 5.51. The number of carbonyl (C=O) groups excluding carboxylic acids is 2. The topological polar surface area (TPSA) is 109 Å². The zero-order valence-electron chi connectivity index (χ0n) is 25.8. The van der Waals surface area contributed by atoms with E-state index in [4.69, 9.17) is 23.9 Å². The second-order valence-corrected chi connectivity index (χ2v) is 12.6. The van der Waals surface area contributed by atoms with Gasteiger partial charge in [-0.15, -0.1) is 0 Å². The van der Waals surface area contributed by atoms with E-state index in [1.807, 2.05) is 54.6 Å². The zero-order chi connectivity index (χ0) is 32.9. The summed E-state index contributed by atoms with van der Waals surface area (Å²) in [5.41, 5.74) is 2.43. The molecule has 1 saturated heterocycles. The van der Waals surface area contributed by atoms with Gasteiger partial charge in [0.1, 0.15) is 17.5 Å². The number of aromatic nitrogens is 1. The molecule has 2 aliphatic rings. The molecule has 1 aromatic heterocycles. The summed E-state index contributed by atoms with van der Waals surface area (Å²) in [7, 11) is 1.55. The number of amides is 1. The number of hydrogen-bond acceptors (Lipinski definition) is 9. The molecule has 4 aromatic rings. The highest BCUT2D eigenvalue weighted by Crippen LogP contribution is 2.39. The molecule has 3 aromatic carbocycles. The maximum absolute atomic E-state index is 14.2. The van der Waals surface area contributed by atoms with E-state index in [2.05, 4.69) is 15.9 Å². The minimum Gasteiger partial charge on any atom is -0.496 e. The highest BCUT2D eigenvalue weighted by Gasteiger charge is 2.37. The van der Waals surface area contributed by atoms with Gasteiger partial charge in [-0.1, -0.05) is 69.7 Å². The van der Waals surface area contributed by atoms with E-state index in [1.165, 1.54) is 15.9 Å². The summed E-state index contributed by atoms with van der Waals surface area (Å²) in [6, 6.07) is 21.1. The molecule has 47 heavy (non-hydrogen) atoms. The smallest absolute Gasteiger partial charge is 0.338 e. The molecule has 0 unspecified atom stereocenters. The number of methoxy groups -OCH3 is 1. The summed E-state index contributed by atoms with van der Waals surface area (Å²) in [5.74, 6) is 0.386. The number of esters is 1. The molecule has 0 aliphatic carbocycles. The van der Waals surface area contributed by atoms with E-state index >= 15 is 0 Å². The molecule has 3 heterocycles. The van der Waals surface area contributed by atoms with Crippen molar-refractivity contribution in [2.45, 2.75) is 13.0 Å². The third kappa shape index (κ3) is 6.95. The third-order valence-electron chi connectivity index (χ3n) is 7.76. The Bertz CT molecular complexity index is 2000. The summed E-state index contributed by atoms with van der Waals surface area (Å²) in [6.07, 6.45) is 1.78. The van der Waals surface area contributed by atoms with Gasteiger partial charge in [0.05, 0.1) is 42.7 Å². The van der Waals surface area contributed by atoms with Crippen molar-refractivity contribution in [1.29, 1.82) is 0 Å². The van der Waals surface area contributed by atoms with Crippen LogP contribution in [-0.2, 0) is 19.1 Å². The van der Waals surface area contributed by atoms with Crippen LogP contribution in [0.2, 0.25) is 0 Å². The quantitative estimate of drug-likeness (QED) is 0.242. The molecular formula is C35H32BrN3O7S. The number of carbonyl (C=O) groups is 2. The molecule has 6 rings (SSSR count). The van der Waals surface area contributed by atoms with Crippen molar-refractivity contribution < 1.29 is 28.5 Å². The minimum absolute atomic E-state index is 0.0659. The van der Waals surface area contributed by atoms with E-state index in [0.717, 1.165) is 15.6 Å². The van der Waals surface area contributed by atoms with Crippen LogP contribution in [0.15, 0.2) is 92.6 Å². The molecule has 242 valence electrons. The van der Waals surface area contributed by atoms with E-state index in [9.17, 15) is 14.4 Å². The molecule has 0 saturated carbocycles. The summed E-state index contributed by atoms with van der Waals surface area (Å²) in [5, 5.41) is 0. The van der Waals surface area contributed by atoms with Crippen molar-refractivity contribution in [3.05, 3.63) is 119 Å². The first-order valence-electron chi connectivity index (χ1n) is 15.1. The Morgan fingerprint density at radius 1 is 1.06 bits per heavy atom. The Labute approximate surface area is 283 Å². The van der Waals surface area contributed by atoms with Crippen LogP contribution in [-0.4, -0.2) is 68.0 Å². The highest BCUT2D eigenvalue weighted by atomic mass is 79.9. The molecule has 0 N–H and O–H groups in total. The van der Waals surface area contributed by atoms with Crippen LogP contribution in [0.4, 0.5) is 0 Å². The van der Waals surface area contributed by atoms with Gasteiger partial charge in [-0.2, -0.15) is 0 Å². The monoisotopic (exact) mass is 717 g/mol. The number of nitrogens with zero attached hydrogens (tertiary/aromatic N) is 3. The second-order valence-electron chi connectivity index (χ2n) is 10.7. The first kappa shape index (κ1) is 32.4. The Balaban J connectivity index is 1.42. The van der Waals surface area contributed by atoms with Crippen LogP contribution in [0.3, 0.4) is 0 Å². The van der Waals surface area contributed by atoms with E-state index in [0.29, 0.717) is 58.4 Å². The van der Waals surface area contributed by atoms with Gasteiger partial charge in [0.15, 0.2) is 11.4 Å². The van der Waals surface area contributed by atoms with E-state index < -0.39 is 12.0 Å². The lowest BCUT2D eigenvalue weighted by Crippen LogP contribution is -2.42. The number of ether oxygens (including phenoxy) is 4. The Morgan fingerprint density at radius 3 is 2.51 bits per heavy atom. The fourth-order valence-corrected chi connectivity index (χ4v) is 6.89. The first-order chi connectivity index (χ1) is 22.9. The Morgan fingerprint density at radius 2 is 1.81 bits per heavy atom. The molecule has 1 fully saturated rings. The summed E-state index contributed by atoms with van der Waals surface area (Å²) in [6.45, 7) is 4.00. The average Bonchev–Trinajstić information content (AvgIpc) is 3.41. The normalized spacial score (nSPS) is 16.4. The summed E-state index contributed by atoms with van der Waals surface area (Å²) < 4.78 is 25.0. The lowest BCUT2D eigenvalue weighted by molar-refractivity contribution is -0.139. The molecule has 2 aliphatic heterocycles. The van der Waals surface area contributed by atoms with Crippen molar-refractivity contribution in [1.82, 2.24) is 9.47 Å². The molecule has 12 heteroatoms. The van der Waals surface area contributed by atoms with Crippen LogP contribution in [0, 0.1) is 0 Å². The van der Waals surface area contributed by atoms with E-state index in [-0.39, 0.29) is 30.3 Å². The van der Waals surface area contributed by atoms with Gasteiger partial charge >= 0.3 is 5.97 Å². The van der Waals surface area contributed by atoms with E-state index in [1.54, 1.807) is 43.2 Å². The van der Waals surface area contributed by atoms with Gasteiger partial charge in [-0.05, 0) is 48.9 Å². The highest BCUT2D eigenvalue weighted by molar-refractivity contribution is 9.10. The van der Waals surface area contributed by atoms with Crippen LogP contribution < -0.4 is 24.4 Å². The molecule has 0 radical (unpaired) electrons. The molecular weight excluding hydrogens is 686 g/mol. The molecule has 10 nitrogen and oxygen atoms in total. The number of benzene rings is 3. The Kier molecular flexibility index (Phi) is 10.00. The predicted octanol–water partition coefficient (Wildman–Crippen LogP) is 3.94. The average molecular weight is 719 g/mol. The molecule has 1 atom stereocenters. The van der Waals surface area contributed by atoms with Crippen LogP contribution in [0.1, 0.15) is 29.7 Å². The molecule has 0 spiro atoms. The lowest BCUT2D eigenvalue weighted by Gasteiger charge is -2.27. The minimum atomic E-state index is -0.880. The number of fused-ring (bicyclic) bond motifs is 1. The van der Waals surface area contributed by atoms with Crippen molar-refractivity contribution in [3.63, 3.8) is 0 Å². The van der Waals surface area contributed by atoms with Gasteiger partial charge in [0.25, 0.3) is 11.5 Å². The fraction of sp³-hybridized carbons (Fsp3) is 0.257. The van der Waals surface area contributed by atoms with Crippen molar-refractivity contribution in [2.24, 2.45) is 4.99 Å². The summed E-state index contributed by atoms with van der Waals surface area (Å²) >= 11 is 4.78. The number of morpholine rings is 1. The Hall–Kier alpha value is -4.52. The SMILES string of the molecule is CCOC(=O)C1=C(c2ccccc2)N=c2s/c(=C\c3ccc(OCC(=O)N4CCOCC4)cc3)c(=O)n2[C@H]1c1cc(Br)ccc1OC. The molecule has 1 amide bonds. The largest absolute Gasteiger partial charge is 0.496 e. The van der Waals surface area contributed by atoms with Gasteiger partial charge in [0, 0.05) is 28.7 Å². The third-order valence-corrected chi connectivity index (χ3v) is 9.24. The van der Waals surface area contributed by atoms with Gasteiger partial charge in [0.2, 0.25) is 0 Å². The van der Waals surface area contributed by atoms with Gasteiger partial charge < -0.3 is 23.8 Å². The maximum Gasteiger partial charge on any atom is 0.338 e. The van der Waals surface area contributed by atoms with Crippen LogP contribution in [0.5, 0.6) is 11.5 Å². The summed E-state index contributed by atoms with van der Waals surface area (Å²) in [4.78, 5) is 47.5. The van der Waals surface area contributed by atoms with Crippen LogP contribution in [0.25, 0.3) is 11.8 Å². The number of thiazole rings is 1. The van der Waals surface area contributed by atoms with Crippen LogP contribution >= 0.6 is 27.3 Å². The predicted molar refractivity (Wildman–Crippen MR) is 181 cm³/mol. The number of hydrogen-bond donors (Lipinski definition) is 0. The standard InChI is InChI=1S/C35H32BrN3O7S/c1-3-45-34(42)30-31(23-7-5-4-6-8-23)37-35-39(32(30)26-20-24(36)11-14-27(26)43-2)33(41)28(47-35)19-22-9-12-25(13-10-22)46-21-29(40)38-15-17-44-18-16-38/h4-14,19-20,32H,3,15-18,21H2,1-2H3/b28-19-/t32-/m0/s1. The first-order valence-corrected chi connectivity index (χ1v) is 16.7. The van der Waals surface area contributed by atoms with Crippen molar-refractivity contribution in [2.75, 3.05) is 46.6 Å². The van der Waals surface area contributed by atoms with Crippen molar-refractivity contribution >= 4 is 50.9 Å². The van der Waals surface area contributed by atoms with Gasteiger partial charge in [-0.3, -0.25) is 14.2 Å². The van der Waals surface area contributed by atoms with Gasteiger partial charge in [-0.25, -0.2) is 9.79 Å².